The number of nitrogens with zero attached hydrogens (tertiary/aromatic N) is 3. The van der Waals surface area contributed by atoms with Crippen LogP contribution in [-0.2, 0) is 0 Å². The number of methoxy groups -OCH3 is 3. The number of nitrogens with one attached hydrogen (secondary N) is 1. The van der Waals surface area contributed by atoms with E-state index in [4.69, 9.17) is 25.7 Å². The molecule has 1 aromatic carbocycles. The summed E-state index contributed by atoms with van der Waals surface area (Å²) in [6, 6.07) is 3.48. The van der Waals surface area contributed by atoms with Gasteiger partial charge in [0.25, 0.3) is 0 Å². The predicted octanol–water partition coefficient (Wildman–Crippen LogP) is -1.50. The minimum absolute atomic E-state index is 0.0347. The number of benzene rings is 1. The zero-order chi connectivity index (χ0) is 16.8. The van der Waals surface area contributed by atoms with Crippen molar-refractivity contribution >= 4 is 17.9 Å². The van der Waals surface area contributed by atoms with E-state index in [1.165, 1.54) is 21.3 Å². The summed E-state index contributed by atoms with van der Waals surface area (Å²) in [5, 5.41) is 13.5. The van der Waals surface area contributed by atoms with Gasteiger partial charge in [0.1, 0.15) is 0 Å². The molecule has 0 aliphatic heterocycles. The summed E-state index contributed by atoms with van der Waals surface area (Å²) in [6.07, 6.45) is 1.58. The summed E-state index contributed by atoms with van der Waals surface area (Å²) in [5.41, 5.74) is 12.1. The molecular weight excluding hydrogens is 304 g/mol. The molecule has 0 amide bonds. The van der Waals surface area contributed by atoms with E-state index in [0.29, 0.717) is 17.2 Å². The van der Waals surface area contributed by atoms with E-state index in [9.17, 15) is 0 Å². The first-order valence-corrected chi connectivity index (χ1v) is 6.41. The van der Waals surface area contributed by atoms with Crippen molar-refractivity contribution in [3.05, 3.63) is 23.4 Å². The average molecular weight is 321 g/mol. The lowest BCUT2D eigenvalue weighted by atomic mass is 10.2. The van der Waals surface area contributed by atoms with Crippen LogP contribution in [0.2, 0.25) is 0 Å². The molecule has 0 atom stereocenters. The fourth-order valence-electron chi connectivity index (χ4n) is 1.79. The highest BCUT2D eigenvalue weighted by atomic mass is 16.6. The molecule has 2 aromatic rings. The molecule has 0 radical (unpaired) electrons. The molecular formula is C13H17N6O4+. The van der Waals surface area contributed by atoms with Gasteiger partial charge in [0.15, 0.2) is 23.0 Å². The number of nitrogens with two attached hydrogens (primary N) is 2. The van der Waals surface area contributed by atoms with Crippen molar-refractivity contribution in [2.75, 3.05) is 27.1 Å². The van der Waals surface area contributed by atoms with Crippen molar-refractivity contribution in [3.63, 3.8) is 0 Å². The van der Waals surface area contributed by atoms with Gasteiger partial charge in [0.2, 0.25) is 17.8 Å². The highest BCUT2D eigenvalue weighted by molar-refractivity contribution is 5.98. The number of hydrogen-bond donors (Lipinski definition) is 3. The van der Waals surface area contributed by atoms with Crippen LogP contribution in [0.1, 0.15) is 11.3 Å². The smallest absolute Gasteiger partial charge is 0.224 e. The summed E-state index contributed by atoms with van der Waals surface area (Å²) in [4.78, 5) is 0. The van der Waals surface area contributed by atoms with Gasteiger partial charge in [-0.1, -0.05) is 0 Å². The van der Waals surface area contributed by atoms with Crippen LogP contribution in [0.5, 0.6) is 17.2 Å². The first kappa shape index (κ1) is 16.1. The number of hydrogen-bond acceptors (Lipinski definition) is 8. The Hall–Kier alpha value is -3.30. The highest BCUT2D eigenvalue weighted by Crippen LogP contribution is 2.37. The number of rotatable bonds is 6. The Morgan fingerprint density at radius 3 is 2.30 bits per heavy atom. The third-order valence-electron chi connectivity index (χ3n) is 2.86. The predicted molar refractivity (Wildman–Crippen MR) is 81.7 cm³/mol. The number of ether oxygens (including phenoxy) is 3. The number of anilines is 1. The summed E-state index contributed by atoms with van der Waals surface area (Å²) in [7, 11) is 4.60. The standard InChI is InChI=1S/C13H16N6O4/c1-20-8-4-7(5-9(21-2)11(8)22-3)6-16-17-12(14)10-13(15)19-23-18-10/h4-6H,1-3H3,(H2,14,17)(H2,15,19)/p+1. The number of hydrazone groups is 1. The normalized spacial score (nSPS) is 11.7. The first-order valence-electron chi connectivity index (χ1n) is 6.41. The van der Waals surface area contributed by atoms with Gasteiger partial charge in [-0.2, -0.15) is 0 Å². The van der Waals surface area contributed by atoms with E-state index >= 15 is 0 Å². The zero-order valence-electron chi connectivity index (χ0n) is 12.9. The van der Waals surface area contributed by atoms with E-state index < -0.39 is 0 Å². The second-order valence-corrected chi connectivity index (χ2v) is 4.23. The number of amidine groups is 1. The Labute approximate surface area is 131 Å². The molecule has 0 bridgehead atoms. The topological polar surface area (TPSA) is 145 Å². The van der Waals surface area contributed by atoms with Crippen molar-refractivity contribution in [2.45, 2.75) is 0 Å². The fourth-order valence-corrected chi connectivity index (χ4v) is 1.79. The second kappa shape index (κ2) is 7.11. The van der Waals surface area contributed by atoms with Crippen molar-refractivity contribution in [3.8, 4) is 17.2 Å². The van der Waals surface area contributed by atoms with E-state index in [0.717, 1.165) is 5.56 Å². The molecule has 1 heterocycles. The van der Waals surface area contributed by atoms with Gasteiger partial charge in [-0.3, -0.25) is 0 Å². The lowest BCUT2D eigenvalue weighted by molar-refractivity contribution is -0.456. The molecule has 0 saturated heterocycles. The molecule has 0 unspecified atom stereocenters. The average Bonchev–Trinajstić information content (AvgIpc) is 2.99. The molecule has 0 fully saturated rings. The zero-order valence-corrected chi connectivity index (χ0v) is 12.9. The maximum Gasteiger partial charge on any atom is 0.224 e. The summed E-state index contributed by atoms with van der Waals surface area (Å²) < 4.78 is 20.2. The summed E-state index contributed by atoms with van der Waals surface area (Å²) in [5.74, 6) is 1.62. The monoisotopic (exact) mass is 321 g/mol. The van der Waals surface area contributed by atoms with Crippen LogP contribution in [0.3, 0.4) is 0 Å². The second-order valence-electron chi connectivity index (χ2n) is 4.23. The molecule has 2 rings (SSSR count). The lowest BCUT2D eigenvalue weighted by Gasteiger charge is -2.11. The lowest BCUT2D eigenvalue weighted by Crippen LogP contribution is -2.63. The van der Waals surface area contributed by atoms with Gasteiger partial charge >= 0.3 is 0 Å². The van der Waals surface area contributed by atoms with Gasteiger partial charge in [0, 0.05) is 10.7 Å². The minimum Gasteiger partial charge on any atom is -0.493 e. The van der Waals surface area contributed by atoms with Gasteiger partial charge in [-0.05, 0) is 22.4 Å². The minimum atomic E-state index is 0.0347. The third-order valence-corrected chi connectivity index (χ3v) is 2.86. The maximum atomic E-state index is 5.72. The van der Waals surface area contributed by atoms with Gasteiger partial charge in [-0.25, -0.2) is 4.63 Å². The summed E-state index contributed by atoms with van der Waals surface area (Å²) >= 11 is 0. The van der Waals surface area contributed by atoms with Crippen LogP contribution < -0.4 is 30.8 Å². The van der Waals surface area contributed by atoms with E-state index in [1.807, 2.05) is 0 Å². The van der Waals surface area contributed by atoms with Crippen LogP contribution in [0.25, 0.3) is 0 Å². The van der Waals surface area contributed by atoms with E-state index in [1.54, 1.807) is 18.3 Å². The first-order chi connectivity index (χ1) is 11.1. The van der Waals surface area contributed by atoms with Crippen LogP contribution in [0.4, 0.5) is 5.82 Å². The molecule has 5 N–H and O–H groups in total. The molecule has 122 valence electrons. The summed E-state index contributed by atoms with van der Waals surface area (Å²) in [6.45, 7) is 0. The molecule has 10 nitrogen and oxygen atoms in total. The number of nitrogen functional groups attached to an aromatic ring is 1. The van der Waals surface area contributed by atoms with Crippen molar-refractivity contribution < 1.29 is 23.9 Å². The van der Waals surface area contributed by atoms with E-state index in [-0.39, 0.29) is 17.3 Å². The van der Waals surface area contributed by atoms with E-state index in [2.05, 4.69) is 25.1 Å². The Balaban J connectivity index is 2.27. The Kier molecular flexibility index (Phi) is 4.97. The van der Waals surface area contributed by atoms with Crippen molar-refractivity contribution in [1.29, 1.82) is 0 Å². The van der Waals surface area contributed by atoms with Crippen LogP contribution in [0.15, 0.2) is 21.9 Å². The maximum absolute atomic E-state index is 5.72. The molecule has 0 spiro atoms. The fraction of sp³-hybridized carbons (Fsp3) is 0.231. The third kappa shape index (κ3) is 3.48. The van der Waals surface area contributed by atoms with Crippen molar-refractivity contribution in [2.24, 2.45) is 10.8 Å². The van der Waals surface area contributed by atoms with Crippen molar-refractivity contribution in [1.82, 2.24) is 10.3 Å². The number of aromatic nitrogens is 2. The Bertz CT molecular complexity index is 715. The molecule has 10 heteroatoms. The highest BCUT2D eigenvalue weighted by Gasteiger charge is 2.14. The molecule has 0 aliphatic rings. The van der Waals surface area contributed by atoms with Crippen LogP contribution in [0, 0.1) is 0 Å². The Morgan fingerprint density at radius 2 is 1.83 bits per heavy atom. The Morgan fingerprint density at radius 1 is 1.17 bits per heavy atom. The molecule has 0 aliphatic carbocycles. The van der Waals surface area contributed by atoms with Crippen LogP contribution >= 0.6 is 0 Å². The molecule has 1 aromatic heterocycles. The van der Waals surface area contributed by atoms with Gasteiger partial charge in [-0.15, -0.1) is 5.10 Å². The largest absolute Gasteiger partial charge is 0.493 e. The SMILES string of the molecule is COc1cc(C=[NH+]N=C(N)c2nonc2N)cc(OC)c1OC. The van der Waals surface area contributed by atoms with Crippen LogP contribution in [-0.4, -0.2) is 43.7 Å². The quantitative estimate of drug-likeness (QED) is 0.331. The van der Waals surface area contributed by atoms with Gasteiger partial charge < -0.3 is 25.7 Å². The molecule has 0 saturated carbocycles. The van der Waals surface area contributed by atoms with Gasteiger partial charge in [0.05, 0.1) is 21.3 Å². The molecule has 23 heavy (non-hydrogen) atoms.